The van der Waals surface area contributed by atoms with Crippen molar-refractivity contribution in [2.24, 2.45) is 0 Å². The Hall–Kier alpha value is -2.01. The second-order valence-electron chi connectivity index (χ2n) is 4.62. The summed E-state index contributed by atoms with van der Waals surface area (Å²) in [5, 5.41) is 11.7. The molecule has 21 heavy (non-hydrogen) atoms. The second kappa shape index (κ2) is 6.63. The first kappa shape index (κ1) is 15.4. The Balaban J connectivity index is 2.18. The lowest BCUT2D eigenvalue weighted by Crippen LogP contribution is -2.07. The standard InChI is InChI=1S/C15H18ClN3O2/c1-9-10(2)15(19-18-14(9)16)17-8-11-5-6-12(20-3)7-13(11)21-4/h5-7H,8H2,1-4H3,(H,17,19). The maximum Gasteiger partial charge on any atom is 0.155 e. The van der Waals surface area contributed by atoms with Crippen molar-refractivity contribution < 1.29 is 9.47 Å². The molecular formula is C15H18ClN3O2. The van der Waals surface area contributed by atoms with Crippen molar-refractivity contribution in [3.63, 3.8) is 0 Å². The number of methoxy groups -OCH3 is 2. The predicted molar refractivity (Wildman–Crippen MR) is 83.4 cm³/mol. The van der Waals surface area contributed by atoms with Gasteiger partial charge in [0.05, 0.1) is 14.2 Å². The summed E-state index contributed by atoms with van der Waals surface area (Å²) in [6.45, 7) is 4.46. The van der Waals surface area contributed by atoms with Crippen LogP contribution in [-0.2, 0) is 6.54 Å². The normalized spacial score (nSPS) is 10.3. The highest BCUT2D eigenvalue weighted by Gasteiger charge is 2.10. The third-order valence-corrected chi connectivity index (χ3v) is 3.76. The lowest BCUT2D eigenvalue weighted by molar-refractivity contribution is 0.391. The molecule has 0 aliphatic carbocycles. The summed E-state index contributed by atoms with van der Waals surface area (Å²) in [4.78, 5) is 0. The van der Waals surface area contributed by atoms with E-state index in [0.29, 0.717) is 11.7 Å². The highest BCUT2D eigenvalue weighted by Crippen LogP contribution is 2.26. The minimum Gasteiger partial charge on any atom is -0.497 e. The molecule has 0 atom stereocenters. The van der Waals surface area contributed by atoms with E-state index in [2.05, 4.69) is 15.5 Å². The molecule has 0 spiro atoms. The minimum atomic E-state index is 0.431. The Morgan fingerprint density at radius 3 is 2.52 bits per heavy atom. The van der Waals surface area contributed by atoms with Crippen LogP contribution in [-0.4, -0.2) is 24.4 Å². The third-order valence-electron chi connectivity index (χ3n) is 3.41. The van der Waals surface area contributed by atoms with Gasteiger partial charge in [-0.2, -0.15) is 0 Å². The molecule has 112 valence electrons. The molecule has 1 N–H and O–H groups in total. The van der Waals surface area contributed by atoms with Crippen molar-refractivity contribution in [2.75, 3.05) is 19.5 Å². The average Bonchev–Trinajstić information content (AvgIpc) is 2.52. The van der Waals surface area contributed by atoms with Gasteiger partial charge in [-0.3, -0.25) is 0 Å². The van der Waals surface area contributed by atoms with Crippen molar-refractivity contribution in [3.05, 3.63) is 40.0 Å². The molecule has 0 saturated carbocycles. The zero-order valence-electron chi connectivity index (χ0n) is 12.5. The summed E-state index contributed by atoms with van der Waals surface area (Å²) in [6, 6.07) is 5.70. The first-order valence-corrected chi connectivity index (χ1v) is 6.88. The topological polar surface area (TPSA) is 56.3 Å². The Morgan fingerprint density at radius 1 is 1.10 bits per heavy atom. The molecule has 0 saturated heterocycles. The van der Waals surface area contributed by atoms with E-state index in [1.807, 2.05) is 32.0 Å². The highest BCUT2D eigenvalue weighted by atomic mass is 35.5. The van der Waals surface area contributed by atoms with Gasteiger partial charge in [0.1, 0.15) is 11.5 Å². The molecule has 1 aromatic carbocycles. The van der Waals surface area contributed by atoms with Crippen LogP contribution in [0, 0.1) is 13.8 Å². The van der Waals surface area contributed by atoms with Crippen molar-refractivity contribution in [1.82, 2.24) is 10.2 Å². The number of aromatic nitrogens is 2. The van der Waals surface area contributed by atoms with Crippen LogP contribution in [0.25, 0.3) is 0 Å². The zero-order valence-corrected chi connectivity index (χ0v) is 13.3. The van der Waals surface area contributed by atoms with Gasteiger partial charge < -0.3 is 14.8 Å². The molecule has 5 nitrogen and oxygen atoms in total. The number of nitrogens with zero attached hydrogens (tertiary/aromatic N) is 2. The Kier molecular flexibility index (Phi) is 4.85. The number of hydrogen-bond acceptors (Lipinski definition) is 5. The van der Waals surface area contributed by atoms with Crippen LogP contribution in [0.2, 0.25) is 5.15 Å². The molecule has 1 heterocycles. The fraction of sp³-hybridized carbons (Fsp3) is 0.333. The molecule has 2 aromatic rings. The number of benzene rings is 1. The lowest BCUT2D eigenvalue weighted by Gasteiger charge is -2.13. The van der Waals surface area contributed by atoms with Gasteiger partial charge in [-0.1, -0.05) is 11.6 Å². The van der Waals surface area contributed by atoms with Crippen molar-refractivity contribution in [2.45, 2.75) is 20.4 Å². The van der Waals surface area contributed by atoms with Gasteiger partial charge >= 0.3 is 0 Å². The van der Waals surface area contributed by atoms with Gasteiger partial charge in [0, 0.05) is 18.2 Å². The summed E-state index contributed by atoms with van der Waals surface area (Å²) < 4.78 is 10.6. The molecular weight excluding hydrogens is 290 g/mol. The molecule has 0 aliphatic heterocycles. The van der Waals surface area contributed by atoms with Crippen molar-refractivity contribution in [3.8, 4) is 11.5 Å². The number of anilines is 1. The van der Waals surface area contributed by atoms with Crippen LogP contribution in [0.15, 0.2) is 18.2 Å². The zero-order chi connectivity index (χ0) is 15.4. The molecule has 0 unspecified atom stereocenters. The Labute approximate surface area is 129 Å². The van der Waals surface area contributed by atoms with Gasteiger partial charge in [-0.15, -0.1) is 10.2 Å². The molecule has 1 aromatic heterocycles. The maximum atomic E-state index is 5.95. The Morgan fingerprint density at radius 2 is 1.86 bits per heavy atom. The predicted octanol–water partition coefficient (Wildman–Crippen LogP) is 3.38. The highest BCUT2D eigenvalue weighted by molar-refractivity contribution is 6.30. The van der Waals surface area contributed by atoms with Gasteiger partial charge in [-0.05, 0) is 37.1 Å². The lowest BCUT2D eigenvalue weighted by atomic mass is 10.1. The average molecular weight is 308 g/mol. The summed E-state index contributed by atoms with van der Waals surface area (Å²) in [6.07, 6.45) is 0. The van der Waals surface area contributed by atoms with E-state index in [4.69, 9.17) is 21.1 Å². The van der Waals surface area contributed by atoms with Crippen LogP contribution in [0.3, 0.4) is 0 Å². The second-order valence-corrected chi connectivity index (χ2v) is 4.98. The fourth-order valence-electron chi connectivity index (χ4n) is 1.92. The first-order valence-electron chi connectivity index (χ1n) is 6.51. The quantitative estimate of drug-likeness (QED) is 0.917. The smallest absolute Gasteiger partial charge is 0.155 e. The van der Waals surface area contributed by atoms with Crippen LogP contribution < -0.4 is 14.8 Å². The molecule has 0 fully saturated rings. The summed E-state index contributed by atoms with van der Waals surface area (Å²) in [5.41, 5.74) is 2.92. The van der Waals surface area contributed by atoms with Gasteiger partial charge in [0.2, 0.25) is 0 Å². The summed E-state index contributed by atoms with van der Waals surface area (Å²) >= 11 is 5.95. The molecule has 2 rings (SSSR count). The van der Waals surface area contributed by atoms with E-state index in [1.165, 1.54) is 0 Å². The van der Waals surface area contributed by atoms with Crippen molar-refractivity contribution >= 4 is 17.4 Å². The van der Waals surface area contributed by atoms with Crippen LogP contribution >= 0.6 is 11.6 Å². The molecule has 0 radical (unpaired) electrons. The van der Waals surface area contributed by atoms with Gasteiger partial charge in [-0.25, -0.2) is 0 Å². The van der Waals surface area contributed by atoms with Crippen LogP contribution in [0.4, 0.5) is 5.82 Å². The largest absolute Gasteiger partial charge is 0.497 e. The Bertz CT molecular complexity index is 647. The van der Waals surface area contributed by atoms with E-state index in [-0.39, 0.29) is 0 Å². The maximum absolute atomic E-state index is 5.95. The van der Waals surface area contributed by atoms with Crippen molar-refractivity contribution in [1.29, 1.82) is 0 Å². The number of ether oxygens (including phenoxy) is 2. The SMILES string of the molecule is COc1ccc(CNc2nnc(Cl)c(C)c2C)c(OC)c1. The number of hydrogen-bond donors (Lipinski definition) is 1. The molecule has 0 aliphatic rings. The summed E-state index contributed by atoms with van der Waals surface area (Å²) in [7, 11) is 3.26. The van der Waals surface area contributed by atoms with E-state index in [1.54, 1.807) is 14.2 Å². The van der Waals surface area contributed by atoms with Crippen LogP contribution in [0.1, 0.15) is 16.7 Å². The van der Waals surface area contributed by atoms with E-state index in [9.17, 15) is 0 Å². The minimum absolute atomic E-state index is 0.431. The van der Waals surface area contributed by atoms with E-state index in [0.717, 1.165) is 34.0 Å². The van der Waals surface area contributed by atoms with E-state index < -0.39 is 0 Å². The first-order chi connectivity index (χ1) is 10.1. The monoisotopic (exact) mass is 307 g/mol. The van der Waals surface area contributed by atoms with Crippen LogP contribution in [0.5, 0.6) is 11.5 Å². The third kappa shape index (κ3) is 3.36. The molecule has 0 amide bonds. The van der Waals surface area contributed by atoms with E-state index >= 15 is 0 Å². The summed E-state index contributed by atoms with van der Waals surface area (Å²) in [5.74, 6) is 2.24. The molecule has 0 bridgehead atoms. The molecule has 6 heteroatoms. The fourth-order valence-corrected chi connectivity index (χ4v) is 2.10. The number of halogens is 1. The number of nitrogens with one attached hydrogen (secondary N) is 1. The number of rotatable bonds is 5. The van der Waals surface area contributed by atoms with Gasteiger partial charge in [0.15, 0.2) is 11.0 Å². The van der Waals surface area contributed by atoms with Gasteiger partial charge in [0.25, 0.3) is 0 Å².